The predicted molar refractivity (Wildman–Crippen MR) is 71.6 cm³/mol. The number of ether oxygens (including phenoxy) is 3. The van der Waals surface area contributed by atoms with Crippen LogP contribution in [0, 0.1) is 0 Å². The van der Waals surface area contributed by atoms with Crippen LogP contribution in [0.5, 0.6) is 0 Å². The van der Waals surface area contributed by atoms with Crippen molar-refractivity contribution in [3.63, 3.8) is 0 Å². The maximum atomic E-state index is 11.8. The highest BCUT2D eigenvalue weighted by Crippen LogP contribution is 2.22. The minimum atomic E-state index is -0.625. The van der Waals surface area contributed by atoms with Gasteiger partial charge in [-0.05, 0) is 32.9 Å². The smallest absolute Gasteiger partial charge is 0.338 e. The lowest BCUT2D eigenvalue weighted by Gasteiger charge is -2.17. The van der Waals surface area contributed by atoms with E-state index < -0.39 is 11.8 Å². The third-order valence-corrected chi connectivity index (χ3v) is 2.99. The van der Waals surface area contributed by atoms with E-state index in [9.17, 15) is 9.59 Å². The molecule has 20 heavy (non-hydrogen) atoms. The third-order valence-electron chi connectivity index (χ3n) is 2.99. The summed E-state index contributed by atoms with van der Waals surface area (Å²) < 4.78 is 16.1. The summed E-state index contributed by atoms with van der Waals surface area (Å²) in [6, 6.07) is 6.37. The zero-order chi connectivity index (χ0) is 14.8. The second kappa shape index (κ2) is 5.73. The Bertz CT molecular complexity index is 504. The SMILES string of the molecule is CC(=O)c1ccc(C(=O)OC[C@H]2COC(C)(C)O2)cc1. The Labute approximate surface area is 117 Å². The fourth-order valence-corrected chi connectivity index (χ4v) is 1.94. The lowest BCUT2D eigenvalue weighted by molar-refractivity contribution is -0.142. The first kappa shape index (κ1) is 14.7. The maximum Gasteiger partial charge on any atom is 0.338 e. The van der Waals surface area contributed by atoms with E-state index in [0.29, 0.717) is 17.7 Å². The summed E-state index contributed by atoms with van der Waals surface area (Å²) in [5.41, 5.74) is 0.976. The molecule has 1 aromatic carbocycles. The molecule has 0 bridgehead atoms. The van der Waals surface area contributed by atoms with Gasteiger partial charge in [-0.15, -0.1) is 0 Å². The number of ketones is 1. The maximum absolute atomic E-state index is 11.8. The zero-order valence-corrected chi connectivity index (χ0v) is 11.8. The van der Waals surface area contributed by atoms with Gasteiger partial charge < -0.3 is 14.2 Å². The summed E-state index contributed by atoms with van der Waals surface area (Å²) in [7, 11) is 0. The summed E-state index contributed by atoms with van der Waals surface area (Å²) in [5.74, 6) is -1.10. The van der Waals surface area contributed by atoms with Crippen LogP contribution < -0.4 is 0 Å². The molecular formula is C15H18O5. The van der Waals surface area contributed by atoms with Crippen LogP contribution in [0.15, 0.2) is 24.3 Å². The van der Waals surface area contributed by atoms with Crippen molar-refractivity contribution in [1.29, 1.82) is 0 Å². The molecular weight excluding hydrogens is 260 g/mol. The number of carbonyl (C=O) groups excluding carboxylic acids is 2. The van der Waals surface area contributed by atoms with Gasteiger partial charge in [0, 0.05) is 5.56 Å². The summed E-state index contributed by atoms with van der Waals surface area (Å²) in [5, 5.41) is 0. The first-order valence-corrected chi connectivity index (χ1v) is 6.47. The standard InChI is InChI=1S/C15H18O5/c1-10(16)11-4-6-12(7-5-11)14(17)18-8-13-9-19-15(2,3)20-13/h4-7,13H,8-9H2,1-3H3/t13-/m0/s1. The highest BCUT2D eigenvalue weighted by atomic mass is 16.7. The fraction of sp³-hybridized carbons (Fsp3) is 0.467. The molecule has 0 N–H and O–H groups in total. The van der Waals surface area contributed by atoms with Crippen molar-refractivity contribution in [2.24, 2.45) is 0 Å². The minimum absolute atomic E-state index is 0.0383. The molecule has 0 aliphatic carbocycles. The molecule has 0 amide bonds. The third kappa shape index (κ3) is 3.65. The van der Waals surface area contributed by atoms with Crippen LogP contribution in [0.2, 0.25) is 0 Å². The minimum Gasteiger partial charge on any atom is -0.459 e. The number of esters is 1. The van der Waals surface area contributed by atoms with Gasteiger partial charge >= 0.3 is 5.97 Å². The first-order chi connectivity index (χ1) is 9.37. The van der Waals surface area contributed by atoms with Crippen LogP contribution in [0.25, 0.3) is 0 Å². The second-order valence-corrected chi connectivity index (χ2v) is 5.18. The molecule has 0 spiro atoms. The molecule has 0 saturated carbocycles. The molecule has 1 aliphatic rings. The van der Waals surface area contributed by atoms with Crippen LogP contribution in [0.3, 0.4) is 0 Å². The largest absolute Gasteiger partial charge is 0.459 e. The van der Waals surface area contributed by atoms with Gasteiger partial charge in [0.15, 0.2) is 11.6 Å². The molecule has 1 atom stereocenters. The predicted octanol–water partition coefficient (Wildman–Crippen LogP) is 2.20. The van der Waals surface area contributed by atoms with E-state index in [1.807, 2.05) is 13.8 Å². The van der Waals surface area contributed by atoms with E-state index in [-0.39, 0.29) is 18.5 Å². The Morgan fingerprint density at radius 2 is 1.85 bits per heavy atom. The van der Waals surface area contributed by atoms with Gasteiger partial charge in [0.25, 0.3) is 0 Å². The molecule has 1 fully saturated rings. The molecule has 0 radical (unpaired) electrons. The summed E-state index contributed by atoms with van der Waals surface area (Å²) in [4.78, 5) is 23.0. The number of benzene rings is 1. The van der Waals surface area contributed by atoms with Crippen molar-refractivity contribution in [2.75, 3.05) is 13.2 Å². The summed E-state index contributed by atoms with van der Waals surface area (Å²) in [6.07, 6.45) is -0.245. The van der Waals surface area contributed by atoms with E-state index in [2.05, 4.69) is 0 Å². The fourth-order valence-electron chi connectivity index (χ4n) is 1.94. The molecule has 108 valence electrons. The van der Waals surface area contributed by atoms with Gasteiger partial charge in [0.05, 0.1) is 12.2 Å². The molecule has 0 aromatic heterocycles. The average Bonchev–Trinajstić information content (AvgIpc) is 2.75. The van der Waals surface area contributed by atoms with Crippen molar-refractivity contribution < 1.29 is 23.8 Å². The Hall–Kier alpha value is -1.72. The Morgan fingerprint density at radius 3 is 2.35 bits per heavy atom. The van der Waals surface area contributed by atoms with Gasteiger partial charge in [0.1, 0.15) is 12.7 Å². The second-order valence-electron chi connectivity index (χ2n) is 5.18. The molecule has 2 rings (SSSR count). The van der Waals surface area contributed by atoms with Crippen molar-refractivity contribution in [1.82, 2.24) is 0 Å². The quantitative estimate of drug-likeness (QED) is 0.624. The van der Waals surface area contributed by atoms with Crippen molar-refractivity contribution >= 4 is 11.8 Å². The van der Waals surface area contributed by atoms with E-state index >= 15 is 0 Å². The van der Waals surface area contributed by atoms with E-state index in [1.165, 1.54) is 6.92 Å². The number of carbonyl (C=O) groups is 2. The van der Waals surface area contributed by atoms with Crippen molar-refractivity contribution in [3.8, 4) is 0 Å². The average molecular weight is 278 g/mol. The van der Waals surface area contributed by atoms with E-state index in [0.717, 1.165) is 0 Å². The van der Waals surface area contributed by atoms with Gasteiger partial charge in [0.2, 0.25) is 0 Å². The molecule has 5 heteroatoms. The van der Waals surface area contributed by atoms with Gasteiger partial charge in [-0.3, -0.25) is 4.79 Å². The molecule has 1 heterocycles. The van der Waals surface area contributed by atoms with Gasteiger partial charge in [-0.1, -0.05) is 12.1 Å². The van der Waals surface area contributed by atoms with E-state index in [1.54, 1.807) is 24.3 Å². The van der Waals surface area contributed by atoms with Crippen LogP contribution in [-0.2, 0) is 14.2 Å². The Morgan fingerprint density at radius 1 is 1.25 bits per heavy atom. The highest BCUT2D eigenvalue weighted by molar-refractivity contribution is 5.96. The molecule has 1 aliphatic heterocycles. The molecule has 5 nitrogen and oxygen atoms in total. The summed E-state index contributed by atoms with van der Waals surface area (Å²) in [6.45, 7) is 5.66. The first-order valence-electron chi connectivity index (χ1n) is 6.47. The molecule has 0 unspecified atom stereocenters. The lowest BCUT2D eigenvalue weighted by Crippen LogP contribution is -2.25. The number of hydrogen-bond acceptors (Lipinski definition) is 5. The van der Waals surface area contributed by atoms with Crippen LogP contribution in [0.4, 0.5) is 0 Å². The Balaban J connectivity index is 1.87. The molecule has 1 aromatic rings. The van der Waals surface area contributed by atoms with Crippen molar-refractivity contribution in [2.45, 2.75) is 32.7 Å². The van der Waals surface area contributed by atoms with E-state index in [4.69, 9.17) is 14.2 Å². The number of rotatable bonds is 4. The van der Waals surface area contributed by atoms with Crippen LogP contribution >= 0.6 is 0 Å². The van der Waals surface area contributed by atoms with Crippen LogP contribution in [-0.4, -0.2) is 36.9 Å². The number of hydrogen-bond donors (Lipinski definition) is 0. The highest BCUT2D eigenvalue weighted by Gasteiger charge is 2.33. The van der Waals surface area contributed by atoms with Gasteiger partial charge in [-0.2, -0.15) is 0 Å². The summed E-state index contributed by atoms with van der Waals surface area (Å²) >= 11 is 0. The monoisotopic (exact) mass is 278 g/mol. The normalized spacial score (nSPS) is 20.6. The number of Topliss-reactive ketones (excluding diaryl/α,β-unsaturated/α-hetero) is 1. The zero-order valence-electron chi connectivity index (χ0n) is 11.8. The van der Waals surface area contributed by atoms with Crippen LogP contribution in [0.1, 0.15) is 41.5 Å². The van der Waals surface area contributed by atoms with Gasteiger partial charge in [-0.25, -0.2) is 4.79 Å². The van der Waals surface area contributed by atoms with Crippen molar-refractivity contribution in [3.05, 3.63) is 35.4 Å². The topological polar surface area (TPSA) is 61.8 Å². The lowest BCUT2D eigenvalue weighted by atomic mass is 10.1. The Kier molecular flexibility index (Phi) is 4.20. The molecule has 1 saturated heterocycles.